The molecule has 0 N–H and O–H groups in total. The van der Waals surface area contributed by atoms with Crippen LogP contribution in [0.2, 0.25) is 0 Å². The monoisotopic (exact) mass is 431 g/mol. The van der Waals surface area contributed by atoms with E-state index >= 15 is 0 Å². The van der Waals surface area contributed by atoms with E-state index in [9.17, 15) is 14.4 Å². The number of carbonyl (C=O) groups is 3. The number of esters is 3. The van der Waals surface area contributed by atoms with Crippen LogP contribution in [-0.4, -0.2) is 37.0 Å². The lowest BCUT2D eigenvalue weighted by Crippen LogP contribution is -2.46. The van der Waals surface area contributed by atoms with Gasteiger partial charge in [-0.25, -0.2) is 4.79 Å². The predicted molar refractivity (Wildman–Crippen MR) is 88.4 cm³/mol. The minimum Gasteiger partial charge on any atom is -0.465 e. The van der Waals surface area contributed by atoms with Crippen LogP contribution in [0, 0.1) is 9.49 Å². The summed E-state index contributed by atoms with van der Waals surface area (Å²) < 4.78 is 15.5. The summed E-state index contributed by atoms with van der Waals surface area (Å²) in [6, 6.07) is 4.92. The van der Waals surface area contributed by atoms with E-state index in [1.165, 1.54) is 21.0 Å². The highest BCUT2D eigenvalue weighted by Gasteiger charge is 2.42. The van der Waals surface area contributed by atoms with E-state index in [1.54, 1.807) is 18.2 Å². The van der Waals surface area contributed by atoms with Crippen molar-refractivity contribution in [3.63, 3.8) is 0 Å². The Kier molecular flexibility index (Phi) is 5.03. The zero-order valence-corrected chi connectivity index (χ0v) is 14.8. The third kappa shape index (κ3) is 4.06. The molecule has 1 aliphatic rings. The van der Waals surface area contributed by atoms with Crippen molar-refractivity contribution in [2.45, 2.75) is 19.6 Å². The van der Waals surface area contributed by atoms with Gasteiger partial charge in [0.15, 0.2) is 5.92 Å². The smallest absolute Gasteiger partial charge is 0.340 e. The van der Waals surface area contributed by atoms with Crippen LogP contribution in [0.5, 0.6) is 0 Å². The molecule has 0 saturated carbocycles. The molecule has 7 nitrogen and oxygen atoms in total. The second-order valence-corrected chi connectivity index (χ2v) is 6.40. The number of benzene rings is 1. The molecule has 1 aliphatic heterocycles. The fourth-order valence-corrected chi connectivity index (χ4v) is 2.39. The molecular formula is C15H14INO6. The zero-order valence-electron chi connectivity index (χ0n) is 12.7. The van der Waals surface area contributed by atoms with E-state index in [0.717, 1.165) is 9.78 Å². The van der Waals surface area contributed by atoms with Crippen LogP contribution in [0.15, 0.2) is 23.2 Å². The van der Waals surface area contributed by atoms with Gasteiger partial charge in [0.05, 0.1) is 18.4 Å². The molecule has 0 spiro atoms. The normalized spacial score (nSPS) is 17.7. The van der Waals surface area contributed by atoms with Crippen LogP contribution in [-0.2, 0) is 23.8 Å². The van der Waals surface area contributed by atoms with Crippen molar-refractivity contribution < 1.29 is 28.6 Å². The first-order valence-corrected chi connectivity index (χ1v) is 7.69. The van der Waals surface area contributed by atoms with Gasteiger partial charge in [0.25, 0.3) is 5.79 Å². The van der Waals surface area contributed by atoms with Gasteiger partial charge in [-0.2, -0.15) is 0 Å². The second kappa shape index (κ2) is 6.65. The number of carbonyl (C=O) groups excluding carboxylic acids is 3. The van der Waals surface area contributed by atoms with Gasteiger partial charge in [-0.1, -0.05) is 0 Å². The van der Waals surface area contributed by atoms with Gasteiger partial charge in [0.1, 0.15) is 0 Å². The summed E-state index contributed by atoms with van der Waals surface area (Å²) in [5.41, 5.74) is 0.510. The van der Waals surface area contributed by atoms with E-state index in [-0.39, 0.29) is 11.3 Å². The number of rotatable bonds is 3. The molecule has 122 valence electrons. The molecule has 8 heteroatoms. The van der Waals surface area contributed by atoms with E-state index < -0.39 is 29.6 Å². The number of hydrogen-bond donors (Lipinski definition) is 0. The molecular weight excluding hydrogens is 417 g/mol. The fraction of sp³-hybridized carbons (Fsp3) is 0.333. The zero-order chi connectivity index (χ0) is 17.2. The van der Waals surface area contributed by atoms with Crippen molar-refractivity contribution >= 4 is 52.4 Å². The summed E-state index contributed by atoms with van der Waals surface area (Å²) >= 11 is 2.05. The van der Waals surface area contributed by atoms with Gasteiger partial charge < -0.3 is 14.2 Å². The number of methoxy groups -OCH3 is 1. The average Bonchev–Trinajstić information content (AvgIpc) is 2.45. The Labute approximate surface area is 146 Å². The number of cyclic esters (lactones) is 2. The highest BCUT2D eigenvalue weighted by atomic mass is 127. The summed E-state index contributed by atoms with van der Waals surface area (Å²) in [4.78, 5) is 39.6. The first kappa shape index (κ1) is 17.4. The van der Waals surface area contributed by atoms with Crippen molar-refractivity contribution in [1.82, 2.24) is 0 Å². The van der Waals surface area contributed by atoms with Crippen LogP contribution in [0.25, 0.3) is 0 Å². The Morgan fingerprint density at radius 3 is 2.48 bits per heavy atom. The first-order valence-electron chi connectivity index (χ1n) is 6.61. The summed E-state index contributed by atoms with van der Waals surface area (Å²) in [7, 11) is 1.26. The lowest BCUT2D eigenvalue weighted by Gasteiger charge is -2.31. The summed E-state index contributed by atoms with van der Waals surface area (Å²) in [5, 5.41) is 0. The van der Waals surface area contributed by atoms with Crippen LogP contribution in [0.1, 0.15) is 24.2 Å². The molecule has 1 aromatic carbocycles. The third-order valence-electron chi connectivity index (χ3n) is 2.93. The summed E-state index contributed by atoms with van der Waals surface area (Å²) in [5.74, 6) is -4.63. The SMILES string of the molecule is COC(=O)c1cc(I)ccc1N=CC1C(=O)OC(C)(C)OC1=O. The van der Waals surface area contributed by atoms with Crippen LogP contribution >= 0.6 is 22.6 Å². The number of aliphatic imine (C=N–C) groups is 1. The maximum atomic E-state index is 11.9. The lowest BCUT2D eigenvalue weighted by atomic mass is 10.1. The van der Waals surface area contributed by atoms with Crippen molar-refractivity contribution in [1.29, 1.82) is 0 Å². The molecule has 0 aliphatic carbocycles. The van der Waals surface area contributed by atoms with Crippen molar-refractivity contribution in [3.05, 3.63) is 27.3 Å². The number of nitrogens with zero attached hydrogens (tertiary/aromatic N) is 1. The van der Waals surface area contributed by atoms with Crippen LogP contribution < -0.4 is 0 Å². The molecule has 0 radical (unpaired) electrons. The number of ether oxygens (including phenoxy) is 3. The van der Waals surface area contributed by atoms with Gasteiger partial charge in [0, 0.05) is 23.6 Å². The van der Waals surface area contributed by atoms with Gasteiger partial charge in [0.2, 0.25) is 0 Å². The van der Waals surface area contributed by atoms with Crippen molar-refractivity contribution in [3.8, 4) is 0 Å². The fourth-order valence-electron chi connectivity index (χ4n) is 1.90. The lowest BCUT2D eigenvalue weighted by molar-refractivity contribution is -0.235. The maximum Gasteiger partial charge on any atom is 0.340 e. The molecule has 1 fully saturated rings. The molecule has 1 heterocycles. The molecule has 23 heavy (non-hydrogen) atoms. The van der Waals surface area contributed by atoms with Gasteiger partial charge in [-0.05, 0) is 40.8 Å². The highest BCUT2D eigenvalue weighted by Crippen LogP contribution is 2.25. The average molecular weight is 431 g/mol. The Morgan fingerprint density at radius 2 is 1.91 bits per heavy atom. The second-order valence-electron chi connectivity index (χ2n) is 5.15. The van der Waals surface area contributed by atoms with Crippen LogP contribution in [0.4, 0.5) is 5.69 Å². The Hall–Kier alpha value is -1.97. The van der Waals surface area contributed by atoms with Crippen LogP contribution in [0.3, 0.4) is 0 Å². The first-order chi connectivity index (χ1) is 10.7. The molecule has 1 aromatic rings. The summed E-state index contributed by atoms with van der Waals surface area (Å²) in [6.07, 6.45) is 1.11. The van der Waals surface area contributed by atoms with Gasteiger partial charge in [-0.3, -0.25) is 14.6 Å². The number of hydrogen-bond acceptors (Lipinski definition) is 7. The Morgan fingerprint density at radius 1 is 1.30 bits per heavy atom. The quantitative estimate of drug-likeness (QED) is 0.316. The van der Waals surface area contributed by atoms with Crippen molar-refractivity contribution in [2.75, 3.05) is 7.11 Å². The van der Waals surface area contributed by atoms with Gasteiger partial charge >= 0.3 is 17.9 Å². The Balaban J connectivity index is 2.29. The largest absolute Gasteiger partial charge is 0.465 e. The standard InChI is InChI=1S/C15H14INO6/c1-15(2)22-13(19)10(14(20)23-15)7-17-11-5-4-8(16)6-9(11)12(18)21-3/h4-7,10H,1-3H3. The molecule has 1 saturated heterocycles. The topological polar surface area (TPSA) is 91.3 Å². The number of halogens is 1. The predicted octanol–water partition coefficient (Wildman–Crippen LogP) is 2.23. The Bertz CT molecular complexity index is 677. The molecule has 0 amide bonds. The van der Waals surface area contributed by atoms with Crippen molar-refractivity contribution in [2.24, 2.45) is 10.9 Å². The third-order valence-corrected chi connectivity index (χ3v) is 3.60. The molecule has 0 unspecified atom stereocenters. The highest BCUT2D eigenvalue weighted by molar-refractivity contribution is 14.1. The summed E-state index contributed by atoms with van der Waals surface area (Å²) in [6.45, 7) is 2.93. The molecule has 2 rings (SSSR count). The van der Waals surface area contributed by atoms with E-state index in [4.69, 9.17) is 14.2 Å². The molecule has 0 bridgehead atoms. The van der Waals surface area contributed by atoms with E-state index in [0.29, 0.717) is 0 Å². The molecule has 0 atom stereocenters. The maximum absolute atomic E-state index is 11.9. The van der Waals surface area contributed by atoms with E-state index in [2.05, 4.69) is 4.99 Å². The minimum absolute atomic E-state index is 0.230. The molecule has 0 aromatic heterocycles. The minimum atomic E-state index is -1.29. The van der Waals surface area contributed by atoms with E-state index in [1.807, 2.05) is 22.6 Å². The van der Waals surface area contributed by atoms with Gasteiger partial charge in [-0.15, -0.1) is 0 Å².